The van der Waals surface area contributed by atoms with E-state index in [1.165, 1.54) is 0 Å². The zero-order valence-electron chi connectivity index (χ0n) is 11.1. The number of fused-ring (bicyclic) bond motifs is 1. The van der Waals surface area contributed by atoms with Crippen molar-refractivity contribution in [1.29, 1.82) is 0 Å². The maximum Gasteiger partial charge on any atom is 0.254 e. The van der Waals surface area contributed by atoms with Gasteiger partial charge in [-0.1, -0.05) is 13.8 Å². The van der Waals surface area contributed by atoms with Crippen LogP contribution >= 0.6 is 0 Å². The molecule has 2 aromatic rings. The van der Waals surface area contributed by atoms with Crippen LogP contribution in [0.1, 0.15) is 32.5 Å². The quantitative estimate of drug-likeness (QED) is 0.843. The predicted octanol–water partition coefficient (Wildman–Crippen LogP) is 1.68. The van der Waals surface area contributed by atoms with E-state index in [1.807, 2.05) is 16.7 Å². The molecule has 2 rings (SSSR count). The molecule has 5 heteroatoms. The molecule has 0 saturated heterocycles. The minimum absolute atomic E-state index is 0.652. The normalized spacial score (nSPS) is 13.3. The molecule has 5 nitrogen and oxygen atoms in total. The van der Waals surface area contributed by atoms with E-state index < -0.39 is 0 Å². The van der Waals surface area contributed by atoms with Gasteiger partial charge in [0.15, 0.2) is 0 Å². The van der Waals surface area contributed by atoms with Gasteiger partial charge in [-0.2, -0.15) is 0 Å². The van der Waals surface area contributed by atoms with Crippen LogP contribution in [0.3, 0.4) is 0 Å². The van der Waals surface area contributed by atoms with Crippen molar-refractivity contribution in [3.05, 3.63) is 24.3 Å². The Balaban J connectivity index is 2.05. The maximum absolute atomic E-state index is 5.66. The third-order valence-electron chi connectivity index (χ3n) is 3.48. The van der Waals surface area contributed by atoms with Crippen LogP contribution in [-0.4, -0.2) is 26.1 Å². The van der Waals surface area contributed by atoms with Crippen LogP contribution in [0, 0.1) is 11.8 Å². The Morgan fingerprint density at radius 2 is 2.11 bits per heavy atom. The second-order valence-corrected chi connectivity index (χ2v) is 5.03. The lowest BCUT2D eigenvalue weighted by molar-refractivity contribution is 0.339. The first-order valence-corrected chi connectivity index (χ1v) is 6.57. The smallest absolute Gasteiger partial charge is 0.254 e. The van der Waals surface area contributed by atoms with E-state index in [0.717, 1.165) is 31.6 Å². The van der Waals surface area contributed by atoms with Gasteiger partial charge in [0.1, 0.15) is 5.82 Å². The van der Waals surface area contributed by atoms with E-state index in [0.29, 0.717) is 17.6 Å². The summed E-state index contributed by atoms with van der Waals surface area (Å²) in [5.74, 6) is 2.97. The van der Waals surface area contributed by atoms with Crippen molar-refractivity contribution in [3.8, 4) is 0 Å². The van der Waals surface area contributed by atoms with Crippen molar-refractivity contribution >= 4 is 5.78 Å². The summed E-state index contributed by atoms with van der Waals surface area (Å²) in [4.78, 5) is 4.17. The van der Waals surface area contributed by atoms with E-state index in [4.69, 9.17) is 5.73 Å². The van der Waals surface area contributed by atoms with Gasteiger partial charge in [0, 0.05) is 18.8 Å². The molecule has 98 valence electrons. The SMILES string of the molecule is CC(C)C(CCN)CCc1nnc2ncccn12. The highest BCUT2D eigenvalue weighted by atomic mass is 15.3. The zero-order chi connectivity index (χ0) is 13.0. The van der Waals surface area contributed by atoms with Gasteiger partial charge in [-0.25, -0.2) is 4.98 Å². The number of hydrogen-bond acceptors (Lipinski definition) is 4. The lowest BCUT2D eigenvalue weighted by Gasteiger charge is -2.19. The van der Waals surface area contributed by atoms with E-state index in [-0.39, 0.29) is 0 Å². The monoisotopic (exact) mass is 247 g/mol. The van der Waals surface area contributed by atoms with Crippen LogP contribution in [0.25, 0.3) is 5.78 Å². The van der Waals surface area contributed by atoms with E-state index in [1.54, 1.807) is 6.20 Å². The molecule has 0 aliphatic rings. The summed E-state index contributed by atoms with van der Waals surface area (Å²) in [5, 5.41) is 8.27. The molecular formula is C13H21N5. The molecule has 0 aliphatic heterocycles. The van der Waals surface area contributed by atoms with Gasteiger partial charge in [0.25, 0.3) is 5.78 Å². The molecule has 0 aliphatic carbocycles. The van der Waals surface area contributed by atoms with Gasteiger partial charge in [-0.05, 0) is 37.3 Å². The van der Waals surface area contributed by atoms with Gasteiger partial charge >= 0.3 is 0 Å². The van der Waals surface area contributed by atoms with E-state index in [2.05, 4.69) is 29.0 Å². The average molecular weight is 247 g/mol. The Morgan fingerprint density at radius 3 is 2.83 bits per heavy atom. The lowest BCUT2D eigenvalue weighted by Crippen LogP contribution is -2.15. The summed E-state index contributed by atoms with van der Waals surface area (Å²) >= 11 is 0. The third-order valence-corrected chi connectivity index (χ3v) is 3.48. The van der Waals surface area contributed by atoms with Crippen LogP contribution in [-0.2, 0) is 6.42 Å². The number of nitrogens with two attached hydrogens (primary N) is 1. The number of aryl methyl sites for hydroxylation is 1. The molecule has 0 fully saturated rings. The number of aromatic nitrogens is 4. The molecule has 18 heavy (non-hydrogen) atoms. The number of rotatable bonds is 6. The molecule has 0 bridgehead atoms. The van der Waals surface area contributed by atoms with Crippen LogP contribution in [0.4, 0.5) is 0 Å². The second kappa shape index (κ2) is 5.91. The Bertz CT molecular complexity index is 491. The Hall–Kier alpha value is -1.49. The summed E-state index contributed by atoms with van der Waals surface area (Å²) in [5.41, 5.74) is 5.66. The van der Waals surface area contributed by atoms with Crippen molar-refractivity contribution in [2.24, 2.45) is 17.6 Å². The predicted molar refractivity (Wildman–Crippen MR) is 71.1 cm³/mol. The first kappa shape index (κ1) is 13.0. The largest absolute Gasteiger partial charge is 0.330 e. The van der Waals surface area contributed by atoms with Crippen molar-refractivity contribution < 1.29 is 0 Å². The molecule has 1 atom stereocenters. The molecule has 0 spiro atoms. The maximum atomic E-state index is 5.66. The van der Waals surface area contributed by atoms with Crippen LogP contribution in [0.15, 0.2) is 18.5 Å². The minimum Gasteiger partial charge on any atom is -0.330 e. The Kier molecular flexibility index (Phi) is 4.25. The first-order chi connectivity index (χ1) is 8.72. The molecule has 0 radical (unpaired) electrons. The van der Waals surface area contributed by atoms with Crippen molar-refractivity contribution in [2.75, 3.05) is 6.54 Å². The van der Waals surface area contributed by atoms with Gasteiger partial charge < -0.3 is 5.73 Å². The van der Waals surface area contributed by atoms with Crippen molar-refractivity contribution in [2.45, 2.75) is 33.1 Å². The molecule has 0 saturated carbocycles. The first-order valence-electron chi connectivity index (χ1n) is 6.57. The van der Waals surface area contributed by atoms with Gasteiger partial charge in [0.05, 0.1) is 0 Å². The number of nitrogens with zero attached hydrogens (tertiary/aromatic N) is 4. The summed E-state index contributed by atoms with van der Waals surface area (Å²) in [7, 11) is 0. The zero-order valence-corrected chi connectivity index (χ0v) is 11.1. The van der Waals surface area contributed by atoms with Crippen molar-refractivity contribution in [3.63, 3.8) is 0 Å². The molecule has 0 amide bonds. The second-order valence-electron chi connectivity index (χ2n) is 5.03. The molecule has 2 N–H and O–H groups in total. The van der Waals surface area contributed by atoms with Crippen LogP contribution in [0.2, 0.25) is 0 Å². The van der Waals surface area contributed by atoms with Gasteiger partial charge in [-0.15, -0.1) is 10.2 Å². The van der Waals surface area contributed by atoms with E-state index in [9.17, 15) is 0 Å². The standard InChI is InChI=1S/C13H21N5/c1-10(2)11(6-7-14)4-5-12-16-17-13-15-8-3-9-18(12)13/h3,8-11H,4-7,14H2,1-2H3. The number of hydrogen-bond donors (Lipinski definition) is 1. The fourth-order valence-corrected chi connectivity index (χ4v) is 2.30. The van der Waals surface area contributed by atoms with E-state index >= 15 is 0 Å². The molecule has 2 heterocycles. The fourth-order valence-electron chi connectivity index (χ4n) is 2.30. The Labute approximate surface area is 107 Å². The highest BCUT2D eigenvalue weighted by Gasteiger charge is 2.14. The minimum atomic E-state index is 0.652. The molecule has 2 aromatic heterocycles. The van der Waals surface area contributed by atoms with Gasteiger partial charge in [0.2, 0.25) is 0 Å². The average Bonchev–Trinajstić information content (AvgIpc) is 2.77. The Morgan fingerprint density at radius 1 is 1.28 bits per heavy atom. The highest BCUT2D eigenvalue weighted by Crippen LogP contribution is 2.20. The molecular weight excluding hydrogens is 226 g/mol. The van der Waals surface area contributed by atoms with Gasteiger partial charge in [-0.3, -0.25) is 4.40 Å². The van der Waals surface area contributed by atoms with Crippen molar-refractivity contribution in [1.82, 2.24) is 19.6 Å². The molecule has 0 aromatic carbocycles. The lowest BCUT2D eigenvalue weighted by atomic mass is 9.88. The summed E-state index contributed by atoms with van der Waals surface area (Å²) in [6.45, 7) is 5.26. The summed E-state index contributed by atoms with van der Waals surface area (Å²) in [6.07, 6.45) is 6.80. The van der Waals surface area contributed by atoms with Crippen LogP contribution < -0.4 is 5.73 Å². The third kappa shape index (κ3) is 2.85. The summed E-state index contributed by atoms with van der Waals surface area (Å²) in [6, 6.07) is 1.90. The fraction of sp³-hybridized carbons (Fsp3) is 0.615. The summed E-state index contributed by atoms with van der Waals surface area (Å²) < 4.78 is 1.96. The molecule has 1 unspecified atom stereocenters. The topological polar surface area (TPSA) is 69.1 Å². The van der Waals surface area contributed by atoms with Crippen LogP contribution in [0.5, 0.6) is 0 Å². The highest BCUT2D eigenvalue weighted by molar-refractivity contribution is 5.26.